The van der Waals surface area contributed by atoms with Gasteiger partial charge in [0.05, 0.1) is 58.2 Å². The Morgan fingerprint density at radius 1 is 0.553 bits per heavy atom. The summed E-state index contributed by atoms with van der Waals surface area (Å²) in [6.07, 6.45) is -0.580. The Morgan fingerprint density at radius 3 is 1.19 bits per heavy atom. The molecule has 3 amide bonds. The molecule has 0 aromatic rings. The SMILES string of the molecule is CC(C)C(=O)NC(COCCC(=O)NCCN(CCC(=O)O)CCC(=O)O)COCCC(=O)NCCN(CCC(=O)O)CCC(=O)O. The van der Waals surface area contributed by atoms with Gasteiger partial charge in [-0.2, -0.15) is 0 Å². The molecule has 0 spiro atoms. The highest BCUT2D eigenvalue weighted by Crippen LogP contribution is 1.99. The van der Waals surface area contributed by atoms with Crippen LogP contribution < -0.4 is 16.0 Å². The van der Waals surface area contributed by atoms with Crippen LogP contribution in [0, 0.1) is 5.92 Å². The van der Waals surface area contributed by atoms with Crippen molar-refractivity contribution in [1.82, 2.24) is 25.8 Å². The zero-order valence-electron chi connectivity index (χ0n) is 27.2. The molecule has 0 rings (SSSR count). The molecule has 0 aliphatic rings. The van der Waals surface area contributed by atoms with Crippen molar-refractivity contribution >= 4 is 41.6 Å². The van der Waals surface area contributed by atoms with Crippen LogP contribution in [-0.4, -0.2) is 157 Å². The molecule has 18 nitrogen and oxygen atoms in total. The van der Waals surface area contributed by atoms with E-state index in [-0.39, 0.29) is 141 Å². The summed E-state index contributed by atoms with van der Waals surface area (Å²) in [5.74, 6) is -5.20. The minimum atomic E-state index is -1.01. The molecule has 0 aromatic carbocycles. The van der Waals surface area contributed by atoms with Gasteiger partial charge in [-0.25, -0.2) is 0 Å². The predicted octanol–water partition coefficient (Wildman–Crippen LogP) is -1.32. The quantitative estimate of drug-likeness (QED) is 0.0435. The van der Waals surface area contributed by atoms with Gasteiger partial charge in [0, 0.05) is 71.1 Å². The average molecular weight is 678 g/mol. The lowest BCUT2D eigenvalue weighted by Crippen LogP contribution is -2.43. The second-order valence-corrected chi connectivity index (χ2v) is 11.0. The van der Waals surface area contributed by atoms with Gasteiger partial charge in [-0.05, 0) is 0 Å². The Balaban J connectivity index is 4.50. The summed E-state index contributed by atoms with van der Waals surface area (Å²) >= 11 is 0. The zero-order chi connectivity index (χ0) is 35.6. The van der Waals surface area contributed by atoms with Crippen LogP contribution in [0.4, 0.5) is 0 Å². The number of carboxylic acids is 4. The second-order valence-electron chi connectivity index (χ2n) is 11.0. The van der Waals surface area contributed by atoms with Gasteiger partial charge in [0.25, 0.3) is 0 Å². The van der Waals surface area contributed by atoms with E-state index >= 15 is 0 Å². The van der Waals surface area contributed by atoms with E-state index in [0.717, 1.165) is 0 Å². The Kier molecular flexibility index (Phi) is 24.1. The molecule has 270 valence electrons. The van der Waals surface area contributed by atoms with Crippen LogP contribution >= 0.6 is 0 Å². The first-order valence-electron chi connectivity index (χ1n) is 15.5. The fourth-order valence-corrected chi connectivity index (χ4v) is 3.85. The van der Waals surface area contributed by atoms with Crippen LogP contribution in [-0.2, 0) is 43.0 Å². The number of nitrogens with one attached hydrogen (secondary N) is 3. The highest BCUT2D eigenvalue weighted by atomic mass is 16.5. The third kappa shape index (κ3) is 27.0. The molecular formula is C29H51N5O13. The standard InChI is InChI=1S/C29H51N5O13/c1-21(2)29(45)32-22(19-46-17-7-23(35)30-9-15-33(11-3-25(37)38)12-4-26(39)40)20-47-18-8-24(36)31-10-16-34(13-5-27(41)42)14-6-28(43)44/h21-22H,3-20H2,1-2H3,(H,30,35)(H,31,36)(H,32,45)(H,37,38)(H,39,40)(H,41,42)(H,43,44). The third-order valence-electron chi connectivity index (χ3n) is 6.52. The topological polar surface area (TPSA) is 261 Å². The summed E-state index contributed by atoms with van der Waals surface area (Å²) in [7, 11) is 0. The van der Waals surface area contributed by atoms with Crippen LogP contribution in [0.2, 0.25) is 0 Å². The number of carbonyl (C=O) groups is 7. The minimum absolute atomic E-state index is 0.0141. The molecule has 0 aromatic heterocycles. The van der Waals surface area contributed by atoms with E-state index in [9.17, 15) is 33.6 Å². The molecule has 47 heavy (non-hydrogen) atoms. The first-order valence-corrected chi connectivity index (χ1v) is 15.5. The van der Waals surface area contributed by atoms with E-state index < -0.39 is 29.9 Å². The smallest absolute Gasteiger partial charge is 0.304 e. The highest BCUT2D eigenvalue weighted by Gasteiger charge is 2.17. The van der Waals surface area contributed by atoms with Crippen LogP contribution in [0.25, 0.3) is 0 Å². The van der Waals surface area contributed by atoms with Crippen molar-refractivity contribution in [2.45, 2.75) is 58.4 Å². The normalized spacial score (nSPS) is 11.2. The lowest BCUT2D eigenvalue weighted by molar-refractivity contribution is -0.139. The molecule has 0 heterocycles. The van der Waals surface area contributed by atoms with Crippen LogP contribution in [0.1, 0.15) is 52.4 Å². The van der Waals surface area contributed by atoms with E-state index in [2.05, 4.69) is 16.0 Å². The summed E-state index contributed by atoms with van der Waals surface area (Å²) in [5.41, 5.74) is 0. The number of carboxylic acid groups (broad SMARTS) is 4. The van der Waals surface area contributed by atoms with Gasteiger partial charge < -0.3 is 55.7 Å². The Bertz CT molecular complexity index is 894. The molecule has 0 saturated heterocycles. The number of carbonyl (C=O) groups excluding carboxylic acids is 3. The molecule has 0 aliphatic carbocycles. The van der Waals surface area contributed by atoms with Gasteiger partial charge in [-0.1, -0.05) is 13.8 Å². The Hall–Kier alpha value is -3.87. The number of hydrogen-bond acceptors (Lipinski definition) is 11. The third-order valence-corrected chi connectivity index (χ3v) is 6.52. The summed E-state index contributed by atoms with van der Waals surface area (Å²) in [5, 5.41) is 43.6. The van der Waals surface area contributed by atoms with E-state index in [1.165, 1.54) is 0 Å². The summed E-state index contributed by atoms with van der Waals surface area (Å²) in [6.45, 7) is 5.18. The van der Waals surface area contributed by atoms with Gasteiger partial charge >= 0.3 is 23.9 Å². The number of nitrogens with zero attached hydrogens (tertiary/aromatic N) is 2. The van der Waals surface area contributed by atoms with E-state index in [4.69, 9.17) is 29.9 Å². The van der Waals surface area contributed by atoms with Crippen LogP contribution in [0.15, 0.2) is 0 Å². The molecule has 0 radical (unpaired) electrons. The van der Waals surface area contributed by atoms with Crippen molar-refractivity contribution in [2.24, 2.45) is 5.92 Å². The molecule has 0 atom stereocenters. The lowest BCUT2D eigenvalue weighted by atomic mass is 10.2. The Labute approximate surface area is 274 Å². The molecule has 7 N–H and O–H groups in total. The lowest BCUT2D eigenvalue weighted by Gasteiger charge is -2.21. The maximum Gasteiger partial charge on any atom is 0.304 e. The van der Waals surface area contributed by atoms with Gasteiger partial charge in [0.1, 0.15) is 0 Å². The van der Waals surface area contributed by atoms with Gasteiger partial charge in [0.15, 0.2) is 0 Å². The van der Waals surface area contributed by atoms with Gasteiger partial charge in [0.2, 0.25) is 17.7 Å². The fourth-order valence-electron chi connectivity index (χ4n) is 3.85. The molecule has 0 aliphatic heterocycles. The van der Waals surface area contributed by atoms with Gasteiger partial charge in [-0.3, -0.25) is 33.6 Å². The maximum atomic E-state index is 12.2. The summed E-state index contributed by atoms with van der Waals surface area (Å²) in [6, 6.07) is -0.551. The van der Waals surface area contributed by atoms with Crippen molar-refractivity contribution < 1.29 is 63.5 Å². The first kappa shape index (κ1) is 43.1. The molecule has 0 fully saturated rings. The van der Waals surface area contributed by atoms with Crippen molar-refractivity contribution in [3.8, 4) is 0 Å². The van der Waals surface area contributed by atoms with E-state index in [1.54, 1.807) is 23.6 Å². The number of rotatable bonds is 30. The number of ether oxygens (including phenoxy) is 2. The van der Waals surface area contributed by atoms with Crippen LogP contribution in [0.5, 0.6) is 0 Å². The summed E-state index contributed by atoms with van der Waals surface area (Å²) < 4.78 is 11.1. The zero-order valence-corrected chi connectivity index (χ0v) is 27.2. The molecule has 0 saturated carbocycles. The largest absolute Gasteiger partial charge is 0.481 e. The van der Waals surface area contributed by atoms with Gasteiger partial charge in [-0.15, -0.1) is 0 Å². The Morgan fingerprint density at radius 2 is 0.894 bits per heavy atom. The highest BCUT2D eigenvalue weighted by molar-refractivity contribution is 5.78. The van der Waals surface area contributed by atoms with Crippen molar-refractivity contribution in [3.05, 3.63) is 0 Å². The molecular weight excluding hydrogens is 626 g/mol. The molecule has 18 heteroatoms. The minimum Gasteiger partial charge on any atom is -0.481 e. The number of hydrogen-bond donors (Lipinski definition) is 7. The summed E-state index contributed by atoms with van der Waals surface area (Å²) in [4.78, 5) is 83.2. The monoisotopic (exact) mass is 677 g/mol. The fraction of sp³-hybridized carbons (Fsp3) is 0.759. The van der Waals surface area contributed by atoms with E-state index in [0.29, 0.717) is 0 Å². The van der Waals surface area contributed by atoms with E-state index in [1.807, 2.05) is 0 Å². The number of aliphatic carboxylic acids is 4. The second kappa shape index (κ2) is 26.2. The van der Waals surface area contributed by atoms with Crippen LogP contribution in [0.3, 0.4) is 0 Å². The average Bonchev–Trinajstić information content (AvgIpc) is 2.98. The van der Waals surface area contributed by atoms with Crippen molar-refractivity contribution in [3.63, 3.8) is 0 Å². The predicted molar refractivity (Wildman–Crippen MR) is 166 cm³/mol. The first-order chi connectivity index (χ1) is 22.2. The van der Waals surface area contributed by atoms with Crippen molar-refractivity contribution in [1.29, 1.82) is 0 Å². The number of amides is 3. The molecule has 0 bridgehead atoms. The maximum absolute atomic E-state index is 12.2. The molecule has 0 unspecified atom stereocenters. The van der Waals surface area contributed by atoms with Crippen molar-refractivity contribution in [2.75, 3.05) is 78.8 Å².